The van der Waals surface area contributed by atoms with E-state index in [0.717, 1.165) is 0 Å². The van der Waals surface area contributed by atoms with E-state index >= 15 is 0 Å². The first kappa shape index (κ1) is 18.1. The molecule has 29 heavy (non-hydrogen) atoms. The predicted octanol–water partition coefficient (Wildman–Crippen LogP) is 3.98. The molecule has 1 heterocycles. The number of hydrogen-bond acceptors (Lipinski definition) is 6. The van der Waals surface area contributed by atoms with Crippen molar-refractivity contribution in [3.63, 3.8) is 0 Å². The summed E-state index contributed by atoms with van der Waals surface area (Å²) >= 11 is 0. The van der Waals surface area contributed by atoms with Crippen LogP contribution in [0.25, 0.3) is 34.2 Å². The molecule has 0 spiro atoms. The van der Waals surface area contributed by atoms with Crippen LogP contribution in [-0.2, 0) is 0 Å². The van der Waals surface area contributed by atoms with Crippen LogP contribution in [0.15, 0.2) is 72.8 Å². The first-order valence-corrected chi connectivity index (χ1v) is 8.69. The number of carbonyl (C=O) groups is 1. The number of benzene rings is 3. The van der Waals surface area contributed by atoms with Gasteiger partial charge in [0.1, 0.15) is 11.5 Å². The van der Waals surface area contributed by atoms with Gasteiger partial charge in [-0.2, -0.15) is 0 Å². The topological polar surface area (TPSA) is 116 Å². The molecule has 0 aliphatic rings. The van der Waals surface area contributed by atoms with Crippen LogP contribution in [0.4, 0.5) is 0 Å². The van der Waals surface area contributed by atoms with Crippen LogP contribution in [0.5, 0.6) is 11.5 Å². The minimum atomic E-state index is -1.07. The monoisotopic (exact) mass is 385 g/mol. The summed E-state index contributed by atoms with van der Waals surface area (Å²) < 4.78 is 0. The van der Waals surface area contributed by atoms with Gasteiger partial charge >= 0.3 is 5.97 Å². The number of aromatic nitrogens is 3. The zero-order valence-corrected chi connectivity index (χ0v) is 15.0. The van der Waals surface area contributed by atoms with Gasteiger partial charge in [-0.15, -0.1) is 0 Å². The maximum Gasteiger partial charge on any atom is 0.335 e. The average Bonchev–Trinajstić information content (AvgIpc) is 2.74. The molecule has 7 nitrogen and oxygen atoms in total. The second-order valence-electron chi connectivity index (χ2n) is 6.23. The summed E-state index contributed by atoms with van der Waals surface area (Å²) in [6.45, 7) is 0. The van der Waals surface area contributed by atoms with E-state index in [-0.39, 0.29) is 34.5 Å². The van der Waals surface area contributed by atoms with E-state index in [1.54, 1.807) is 48.5 Å². The Hall–Kier alpha value is -4.26. The van der Waals surface area contributed by atoms with E-state index in [1.165, 1.54) is 24.3 Å². The highest BCUT2D eigenvalue weighted by Gasteiger charge is 2.16. The van der Waals surface area contributed by atoms with Gasteiger partial charge in [0.05, 0.1) is 16.7 Å². The lowest BCUT2D eigenvalue weighted by atomic mass is 10.1. The molecule has 0 amide bonds. The number of hydrogen-bond donors (Lipinski definition) is 3. The molecule has 7 heteroatoms. The van der Waals surface area contributed by atoms with Crippen LogP contribution < -0.4 is 0 Å². The summed E-state index contributed by atoms with van der Waals surface area (Å²) in [5.74, 6) is -0.458. The van der Waals surface area contributed by atoms with Gasteiger partial charge in [0, 0.05) is 5.56 Å². The van der Waals surface area contributed by atoms with Crippen molar-refractivity contribution in [3.05, 3.63) is 78.4 Å². The molecule has 4 rings (SSSR count). The van der Waals surface area contributed by atoms with Crippen LogP contribution in [-0.4, -0.2) is 36.2 Å². The molecule has 3 aromatic carbocycles. The van der Waals surface area contributed by atoms with Gasteiger partial charge in [-0.1, -0.05) is 36.4 Å². The Labute approximate surface area is 165 Å². The van der Waals surface area contributed by atoms with Gasteiger partial charge in [0.25, 0.3) is 0 Å². The summed E-state index contributed by atoms with van der Waals surface area (Å²) in [7, 11) is 0. The van der Waals surface area contributed by atoms with Gasteiger partial charge in [-0.3, -0.25) is 0 Å². The predicted molar refractivity (Wildman–Crippen MR) is 106 cm³/mol. The van der Waals surface area contributed by atoms with E-state index in [2.05, 4.69) is 15.0 Å². The molecular formula is C22H15N3O4. The molecule has 0 fully saturated rings. The molecule has 3 N–H and O–H groups in total. The highest BCUT2D eigenvalue weighted by Crippen LogP contribution is 2.32. The quantitative estimate of drug-likeness (QED) is 0.486. The van der Waals surface area contributed by atoms with E-state index in [0.29, 0.717) is 16.7 Å². The largest absolute Gasteiger partial charge is 0.507 e. The molecular weight excluding hydrogens is 370 g/mol. The summed E-state index contributed by atoms with van der Waals surface area (Å²) in [6.07, 6.45) is 0. The highest BCUT2D eigenvalue weighted by atomic mass is 16.4. The lowest BCUT2D eigenvalue weighted by Crippen LogP contribution is -2.02. The summed E-state index contributed by atoms with van der Waals surface area (Å²) in [4.78, 5) is 24.6. The summed E-state index contributed by atoms with van der Waals surface area (Å²) in [6, 6.07) is 19.4. The first-order chi connectivity index (χ1) is 14.0. The number of aromatic carboxylic acids is 1. The Morgan fingerprint density at radius 3 is 1.69 bits per heavy atom. The second kappa shape index (κ2) is 7.40. The number of aromatic hydroxyl groups is 2. The highest BCUT2D eigenvalue weighted by molar-refractivity contribution is 5.89. The molecule has 0 radical (unpaired) electrons. The average molecular weight is 385 g/mol. The zero-order valence-electron chi connectivity index (χ0n) is 15.0. The SMILES string of the molecule is O=C(O)c1cccc(-c2nc(-c3ccccc3O)nc(-c3ccccc3O)n2)c1. The van der Waals surface area contributed by atoms with Crippen LogP contribution in [0.2, 0.25) is 0 Å². The minimum absolute atomic E-state index is 0.00725. The van der Waals surface area contributed by atoms with Crippen molar-refractivity contribution >= 4 is 5.97 Å². The van der Waals surface area contributed by atoms with Crippen LogP contribution in [0.1, 0.15) is 10.4 Å². The van der Waals surface area contributed by atoms with Crippen LogP contribution in [0.3, 0.4) is 0 Å². The minimum Gasteiger partial charge on any atom is -0.507 e. The molecule has 142 valence electrons. The number of carboxylic acid groups (broad SMARTS) is 1. The zero-order chi connectivity index (χ0) is 20.4. The maximum absolute atomic E-state index is 11.3. The molecule has 0 saturated carbocycles. The fourth-order valence-corrected chi connectivity index (χ4v) is 2.86. The number of nitrogens with zero attached hydrogens (tertiary/aromatic N) is 3. The number of phenols is 2. The molecule has 0 aliphatic carbocycles. The Bertz CT molecular complexity index is 1160. The van der Waals surface area contributed by atoms with E-state index < -0.39 is 5.97 Å². The third kappa shape index (κ3) is 3.61. The van der Waals surface area contributed by atoms with Crippen molar-refractivity contribution < 1.29 is 20.1 Å². The fraction of sp³-hybridized carbons (Fsp3) is 0. The lowest BCUT2D eigenvalue weighted by molar-refractivity contribution is 0.0697. The Kier molecular flexibility index (Phi) is 4.62. The molecule has 0 atom stereocenters. The van der Waals surface area contributed by atoms with Crippen molar-refractivity contribution in [1.82, 2.24) is 15.0 Å². The van der Waals surface area contributed by atoms with Gasteiger partial charge in [-0.05, 0) is 36.4 Å². The number of rotatable bonds is 4. The molecule has 0 bridgehead atoms. The van der Waals surface area contributed by atoms with Gasteiger partial charge < -0.3 is 15.3 Å². The van der Waals surface area contributed by atoms with Gasteiger partial charge in [0.2, 0.25) is 0 Å². The molecule has 0 unspecified atom stereocenters. The third-order valence-corrected chi connectivity index (χ3v) is 4.29. The molecule has 1 aromatic heterocycles. The van der Waals surface area contributed by atoms with Crippen molar-refractivity contribution in [3.8, 4) is 45.7 Å². The van der Waals surface area contributed by atoms with Crippen LogP contribution >= 0.6 is 0 Å². The summed E-state index contributed by atoms with van der Waals surface area (Å²) in [5, 5.41) is 29.7. The normalized spacial score (nSPS) is 10.6. The standard InChI is InChI=1S/C22H15N3O4/c26-17-10-3-1-8-15(17)20-23-19(13-6-5-7-14(12-13)22(28)29)24-21(25-20)16-9-2-4-11-18(16)27/h1-12,26-27H,(H,28,29). The molecule has 0 aliphatic heterocycles. The first-order valence-electron chi connectivity index (χ1n) is 8.69. The van der Waals surface area contributed by atoms with Gasteiger partial charge in [0.15, 0.2) is 17.5 Å². The van der Waals surface area contributed by atoms with Gasteiger partial charge in [-0.25, -0.2) is 19.7 Å². The van der Waals surface area contributed by atoms with Crippen molar-refractivity contribution in [2.24, 2.45) is 0 Å². The van der Waals surface area contributed by atoms with Crippen molar-refractivity contribution in [2.45, 2.75) is 0 Å². The van der Waals surface area contributed by atoms with E-state index in [9.17, 15) is 20.1 Å². The number of carboxylic acids is 1. The van der Waals surface area contributed by atoms with Crippen molar-refractivity contribution in [2.75, 3.05) is 0 Å². The Balaban J connectivity index is 1.96. The van der Waals surface area contributed by atoms with E-state index in [1.807, 2.05) is 0 Å². The summed E-state index contributed by atoms with van der Waals surface area (Å²) in [5.41, 5.74) is 1.35. The Morgan fingerprint density at radius 2 is 1.17 bits per heavy atom. The Morgan fingerprint density at radius 1 is 0.655 bits per heavy atom. The molecule has 4 aromatic rings. The second-order valence-corrected chi connectivity index (χ2v) is 6.23. The maximum atomic E-state index is 11.3. The number of phenolic OH excluding ortho intramolecular Hbond substituents is 2. The third-order valence-electron chi connectivity index (χ3n) is 4.29. The van der Waals surface area contributed by atoms with E-state index in [4.69, 9.17) is 0 Å². The smallest absolute Gasteiger partial charge is 0.335 e. The molecule has 0 saturated heterocycles. The van der Waals surface area contributed by atoms with Crippen molar-refractivity contribution in [1.29, 1.82) is 0 Å². The van der Waals surface area contributed by atoms with Crippen LogP contribution in [0, 0.1) is 0 Å². The lowest BCUT2D eigenvalue weighted by Gasteiger charge is -2.10. The number of para-hydroxylation sites is 2. The fourth-order valence-electron chi connectivity index (χ4n) is 2.86.